The first-order chi connectivity index (χ1) is 11.6. The van der Waals surface area contributed by atoms with E-state index in [1.165, 1.54) is 0 Å². The minimum atomic E-state index is 0.0642. The first-order valence-corrected chi connectivity index (χ1v) is 8.62. The van der Waals surface area contributed by atoms with Gasteiger partial charge in [0.15, 0.2) is 5.78 Å². The van der Waals surface area contributed by atoms with Gasteiger partial charge >= 0.3 is 0 Å². The molecule has 4 heteroatoms. The fourth-order valence-electron chi connectivity index (χ4n) is 3.47. The number of hydrogen-bond donors (Lipinski definition) is 0. The number of ketones is 1. The van der Waals surface area contributed by atoms with Gasteiger partial charge in [-0.3, -0.25) is 9.59 Å². The van der Waals surface area contributed by atoms with E-state index in [0.29, 0.717) is 13.0 Å². The number of benzene rings is 1. The van der Waals surface area contributed by atoms with Crippen LogP contribution in [0.15, 0.2) is 36.4 Å². The smallest absolute Gasteiger partial charge is 0.224 e. The molecule has 4 nitrogen and oxygen atoms in total. The first kappa shape index (κ1) is 16.5. The number of likely N-dealkylation sites (tertiary alicyclic amines) is 1. The Labute approximate surface area is 143 Å². The number of amides is 1. The molecular weight excluding hydrogens is 300 g/mol. The lowest BCUT2D eigenvalue weighted by molar-refractivity contribution is -0.130. The molecule has 0 bridgehead atoms. The van der Waals surface area contributed by atoms with Gasteiger partial charge in [0, 0.05) is 43.0 Å². The van der Waals surface area contributed by atoms with Crippen LogP contribution in [0, 0.1) is 6.92 Å². The van der Waals surface area contributed by atoms with Gasteiger partial charge in [0.25, 0.3) is 0 Å². The predicted octanol–water partition coefficient (Wildman–Crippen LogP) is 3.68. The molecule has 1 aliphatic rings. The van der Waals surface area contributed by atoms with Gasteiger partial charge in [-0.2, -0.15) is 0 Å². The first-order valence-electron chi connectivity index (χ1n) is 8.62. The summed E-state index contributed by atoms with van der Waals surface area (Å²) in [4.78, 5) is 26.2. The maximum Gasteiger partial charge on any atom is 0.224 e. The van der Waals surface area contributed by atoms with Crippen LogP contribution >= 0.6 is 0 Å². The average Bonchev–Trinajstić information content (AvgIpc) is 3.22. The second-order valence-corrected chi connectivity index (χ2v) is 6.44. The summed E-state index contributed by atoms with van der Waals surface area (Å²) in [6, 6.07) is 12.0. The molecule has 24 heavy (non-hydrogen) atoms. The van der Waals surface area contributed by atoms with Gasteiger partial charge in [-0.15, -0.1) is 0 Å². The van der Waals surface area contributed by atoms with Crippen molar-refractivity contribution in [3.8, 4) is 11.3 Å². The highest BCUT2D eigenvalue weighted by molar-refractivity contribution is 5.96. The molecule has 126 valence electrons. The Balaban J connectivity index is 1.87. The fraction of sp³-hybridized carbons (Fsp3) is 0.400. The summed E-state index contributed by atoms with van der Waals surface area (Å²) in [5.41, 5.74) is 3.76. The van der Waals surface area contributed by atoms with Gasteiger partial charge in [0.1, 0.15) is 0 Å². The van der Waals surface area contributed by atoms with E-state index in [-0.39, 0.29) is 11.7 Å². The van der Waals surface area contributed by atoms with Gasteiger partial charge in [-0.1, -0.05) is 30.3 Å². The quantitative estimate of drug-likeness (QED) is 0.787. The van der Waals surface area contributed by atoms with E-state index in [1.54, 1.807) is 6.92 Å². The van der Waals surface area contributed by atoms with Crippen molar-refractivity contribution in [2.45, 2.75) is 39.7 Å². The normalized spacial score (nSPS) is 14.2. The Morgan fingerprint density at radius 1 is 1.08 bits per heavy atom. The number of Topliss-reactive ketones (excluding diaryl/α,β-unsaturated/α-hetero) is 1. The molecule has 0 unspecified atom stereocenters. The lowest BCUT2D eigenvalue weighted by Crippen LogP contribution is -2.28. The molecular formula is C20H24N2O2. The summed E-state index contributed by atoms with van der Waals surface area (Å²) in [5, 5.41) is 0. The van der Waals surface area contributed by atoms with Crippen LogP contribution in [0.25, 0.3) is 11.3 Å². The number of rotatable bonds is 5. The molecule has 1 aromatic carbocycles. The average molecular weight is 324 g/mol. The Morgan fingerprint density at radius 3 is 2.38 bits per heavy atom. The van der Waals surface area contributed by atoms with Crippen LogP contribution in [0.2, 0.25) is 0 Å². The SMILES string of the molecule is CC(=O)c1cc(-c2ccccc2)n(CCC(=O)N2CCCC2)c1C. The van der Waals surface area contributed by atoms with Gasteiger partial charge in [0.2, 0.25) is 5.91 Å². The number of hydrogen-bond acceptors (Lipinski definition) is 2. The molecule has 1 fully saturated rings. The van der Waals surface area contributed by atoms with Gasteiger partial charge < -0.3 is 9.47 Å². The predicted molar refractivity (Wildman–Crippen MR) is 95.0 cm³/mol. The Kier molecular flexibility index (Phi) is 4.84. The molecule has 1 amide bonds. The molecule has 1 aliphatic heterocycles. The summed E-state index contributed by atoms with van der Waals surface area (Å²) in [5.74, 6) is 0.276. The molecule has 0 radical (unpaired) electrons. The Bertz CT molecular complexity index is 740. The van der Waals surface area contributed by atoms with Crippen molar-refractivity contribution in [1.82, 2.24) is 9.47 Å². The number of carbonyl (C=O) groups excluding carboxylic acids is 2. The standard InChI is InChI=1S/C20H24N2O2/c1-15-18(16(2)23)14-19(17-8-4-3-5-9-17)22(15)13-10-20(24)21-11-6-7-12-21/h3-5,8-9,14H,6-7,10-13H2,1-2H3. The van der Waals surface area contributed by atoms with Crippen molar-refractivity contribution in [1.29, 1.82) is 0 Å². The van der Waals surface area contributed by atoms with Crippen molar-refractivity contribution in [2.24, 2.45) is 0 Å². The highest BCUT2D eigenvalue weighted by Gasteiger charge is 2.20. The minimum Gasteiger partial charge on any atom is -0.344 e. The van der Waals surface area contributed by atoms with E-state index in [9.17, 15) is 9.59 Å². The third-order valence-corrected chi connectivity index (χ3v) is 4.82. The van der Waals surface area contributed by atoms with E-state index >= 15 is 0 Å². The van der Waals surface area contributed by atoms with E-state index in [1.807, 2.05) is 48.2 Å². The van der Waals surface area contributed by atoms with Gasteiger partial charge in [-0.25, -0.2) is 0 Å². The molecule has 0 spiro atoms. The van der Waals surface area contributed by atoms with Crippen molar-refractivity contribution in [2.75, 3.05) is 13.1 Å². The zero-order chi connectivity index (χ0) is 17.1. The van der Waals surface area contributed by atoms with Crippen LogP contribution in [0.1, 0.15) is 42.2 Å². The van der Waals surface area contributed by atoms with Crippen LogP contribution in [0.3, 0.4) is 0 Å². The number of carbonyl (C=O) groups is 2. The summed E-state index contributed by atoms with van der Waals surface area (Å²) in [6.07, 6.45) is 2.70. The largest absolute Gasteiger partial charge is 0.344 e. The maximum absolute atomic E-state index is 12.4. The van der Waals surface area contributed by atoms with E-state index < -0.39 is 0 Å². The van der Waals surface area contributed by atoms with E-state index in [4.69, 9.17) is 0 Å². The third kappa shape index (κ3) is 3.28. The Morgan fingerprint density at radius 2 is 1.75 bits per heavy atom. The molecule has 1 saturated heterocycles. The second-order valence-electron chi connectivity index (χ2n) is 6.44. The molecule has 0 N–H and O–H groups in total. The third-order valence-electron chi connectivity index (χ3n) is 4.82. The Hall–Kier alpha value is -2.36. The lowest BCUT2D eigenvalue weighted by atomic mass is 10.1. The number of aromatic nitrogens is 1. The number of nitrogens with zero attached hydrogens (tertiary/aromatic N) is 2. The van der Waals surface area contributed by atoms with E-state index in [2.05, 4.69) is 4.57 Å². The molecule has 2 aromatic rings. The van der Waals surface area contributed by atoms with Crippen molar-refractivity contribution in [3.63, 3.8) is 0 Å². The minimum absolute atomic E-state index is 0.0642. The summed E-state index contributed by atoms with van der Waals surface area (Å²) in [6.45, 7) is 5.93. The van der Waals surface area contributed by atoms with Crippen LogP contribution in [-0.4, -0.2) is 34.2 Å². The van der Waals surface area contributed by atoms with Crippen LogP contribution in [0.5, 0.6) is 0 Å². The molecule has 0 aliphatic carbocycles. The summed E-state index contributed by atoms with van der Waals surface area (Å²) >= 11 is 0. The zero-order valence-electron chi connectivity index (χ0n) is 14.4. The summed E-state index contributed by atoms with van der Waals surface area (Å²) < 4.78 is 2.11. The van der Waals surface area contributed by atoms with E-state index in [0.717, 1.165) is 48.4 Å². The van der Waals surface area contributed by atoms with Crippen molar-refractivity contribution in [3.05, 3.63) is 47.7 Å². The van der Waals surface area contributed by atoms with Gasteiger partial charge in [0.05, 0.1) is 0 Å². The molecule has 3 rings (SSSR count). The summed E-state index contributed by atoms with van der Waals surface area (Å²) in [7, 11) is 0. The lowest BCUT2D eigenvalue weighted by Gasteiger charge is -2.17. The van der Waals surface area contributed by atoms with Crippen LogP contribution in [0.4, 0.5) is 0 Å². The molecule has 1 aromatic heterocycles. The molecule has 0 saturated carbocycles. The second kappa shape index (κ2) is 7.04. The monoisotopic (exact) mass is 324 g/mol. The molecule has 0 atom stereocenters. The fourth-order valence-corrected chi connectivity index (χ4v) is 3.47. The highest BCUT2D eigenvalue weighted by atomic mass is 16.2. The van der Waals surface area contributed by atoms with Crippen LogP contribution < -0.4 is 0 Å². The topological polar surface area (TPSA) is 42.3 Å². The van der Waals surface area contributed by atoms with Gasteiger partial charge in [-0.05, 0) is 38.3 Å². The highest BCUT2D eigenvalue weighted by Crippen LogP contribution is 2.27. The van der Waals surface area contributed by atoms with Crippen molar-refractivity contribution >= 4 is 11.7 Å². The van der Waals surface area contributed by atoms with Crippen LogP contribution in [-0.2, 0) is 11.3 Å². The zero-order valence-corrected chi connectivity index (χ0v) is 14.4. The maximum atomic E-state index is 12.4. The van der Waals surface area contributed by atoms with Crippen molar-refractivity contribution < 1.29 is 9.59 Å². The molecule has 2 heterocycles.